The van der Waals surface area contributed by atoms with Gasteiger partial charge in [0, 0.05) is 35.3 Å². The van der Waals surface area contributed by atoms with Crippen molar-refractivity contribution in [3.05, 3.63) is 47.7 Å². The van der Waals surface area contributed by atoms with Crippen LogP contribution in [-0.4, -0.2) is 51.3 Å². The van der Waals surface area contributed by atoms with Gasteiger partial charge in [0.1, 0.15) is 6.10 Å². The van der Waals surface area contributed by atoms with Crippen LogP contribution in [0.15, 0.2) is 35.5 Å². The molecule has 4 atom stereocenters. The van der Waals surface area contributed by atoms with Crippen LogP contribution in [0.2, 0.25) is 0 Å². The Morgan fingerprint density at radius 3 is 2.46 bits per heavy atom. The summed E-state index contributed by atoms with van der Waals surface area (Å²) in [5, 5.41) is 1.87. The molecule has 192 valence electrons. The van der Waals surface area contributed by atoms with Gasteiger partial charge in [-0.3, -0.25) is 4.79 Å². The number of alkyl halides is 3. The lowest BCUT2D eigenvalue weighted by atomic mass is 9.77. The van der Waals surface area contributed by atoms with Crippen molar-refractivity contribution in [2.24, 2.45) is 5.92 Å². The number of pyridine rings is 1. The maximum atomic E-state index is 14.4. The Balaban J connectivity index is 2.07. The zero-order valence-electron chi connectivity index (χ0n) is 18.9. The van der Waals surface area contributed by atoms with Gasteiger partial charge in [0.15, 0.2) is 22.2 Å². The van der Waals surface area contributed by atoms with Crippen LogP contribution >= 0.6 is 0 Å². The summed E-state index contributed by atoms with van der Waals surface area (Å²) in [4.78, 5) is 16.8. The number of ether oxygens (including phenoxy) is 2. The van der Waals surface area contributed by atoms with Crippen LogP contribution in [0.25, 0.3) is 0 Å². The van der Waals surface area contributed by atoms with Crippen LogP contribution in [0.5, 0.6) is 5.75 Å². The summed E-state index contributed by atoms with van der Waals surface area (Å²) in [6.45, 7) is 1.94. The molecule has 2 aromatic rings. The maximum Gasteiger partial charge on any atom is 0.417 e. The summed E-state index contributed by atoms with van der Waals surface area (Å²) in [5.41, 5.74) is -3.11. The summed E-state index contributed by atoms with van der Waals surface area (Å²) < 4.78 is 106. The number of carbonyl (C=O) groups excluding carboxylic acids is 1. The van der Waals surface area contributed by atoms with E-state index in [1.807, 2.05) is 4.72 Å². The predicted molar refractivity (Wildman–Crippen MR) is 113 cm³/mol. The number of methoxy groups -OCH3 is 1. The van der Waals surface area contributed by atoms with Crippen LogP contribution in [0.1, 0.15) is 25.3 Å². The summed E-state index contributed by atoms with van der Waals surface area (Å²) in [6, 6.07) is 3.98. The third kappa shape index (κ3) is 4.69. The third-order valence-corrected chi connectivity index (χ3v) is 7.43. The van der Waals surface area contributed by atoms with Crippen molar-refractivity contribution in [2.45, 2.75) is 42.7 Å². The normalized spacial score (nSPS) is 24.9. The Hall–Kier alpha value is -2.84. The molecule has 35 heavy (non-hydrogen) atoms. The SMILES string of the molecule is CNS(=O)(=O)c1cc(NC(=O)[C@@H]2O[C@@](C)(C(F)(F)F)[C@@H](C)[C@H]2c2ccc(F)c(F)c2OC)ccn1. The molecule has 1 aromatic heterocycles. The molecule has 1 fully saturated rings. The zero-order chi connectivity index (χ0) is 26.3. The molecule has 1 amide bonds. The number of aromatic nitrogens is 1. The van der Waals surface area contributed by atoms with Crippen LogP contribution in [0.3, 0.4) is 0 Å². The quantitative estimate of drug-likeness (QED) is 0.563. The molecule has 8 nitrogen and oxygen atoms in total. The van der Waals surface area contributed by atoms with Gasteiger partial charge in [0.05, 0.1) is 7.11 Å². The first kappa shape index (κ1) is 26.8. The number of anilines is 1. The fraction of sp³-hybridized carbons (Fsp3) is 0.429. The van der Waals surface area contributed by atoms with Crippen molar-refractivity contribution in [2.75, 3.05) is 19.5 Å². The van der Waals surface area contributed by atoms with Gasteiger partial charge in [-0.05, 0) is 26.1 Å². The molecular formula is C21H22F5N3O5S. The van der Waals surface area contributed by atoms with Crippen molar-refractivity contribution in [1.82, 2.24) is 9.71 Å². The van der Waals surface area contributed by atoms with E-state index in [-0.39, 0.29) is 11.3 Å². The number of sulfonamides is 1. The van der Waals surface area contributed by atoms with Crippen molar-refractivity contribution in [3.8, 4) is 5.75 Å². The second-order valence-corrected chi connectivity index (χ2v) is 9.85. The second kappa shape index (κ2) is 9.32. The third-order valence-electron chi connectivity index (χ3n) is 6.12. The fourth-order valence-electron chi connectivity index (χ4n) is 3.99. The number of nitrogens with one attached hydrogen (secondary N) is 2. The van der Waals surface area contributed by atoms with Crippen LogP contribution in [-0.2, 0) is 19.6 Å². The highest BCUT2D eigenvalue weighted by Gasteiger charge is 2.65. The summed E-state index contributed by atoms with van der Waals surface area (Å²) in [5.74, 6) is -7.27. The maximum absolute atomic E-state index is 14.4. The van der Waals surface area contributed by atoms with Gasteiger partial charge < -0.3 is 14.8 Å². The molecule has 0 spiro atoms. The first-order valence-electron chi connectivity index (χ1n) is 10.1. The minimum atomic E-state index is -4.92. The fourth-order valence-corrected chi connectivity index (χ4v) is 4.68. The lowest BCUT2D eigenvalue weighted by Gasteiger charge is -2.32. The number of rotatable bonds is 6. The van der Waals surface area contributed by atoms with Gasteiger partial charge in [-0.1, -0.05) is 13.0 Å². The lowest BCUT2D eigenvalue weighted by Crippen LogP contribution is -2.47. The number of hydrogen-bond donors (Lipinski definition) is 2. The highest BCUT2D eigenvalue weighted by Crippen LogP contribution is 2.55. The summed E-state index contributed by atoms with van der Waals surface area (Å²) in [6.07, 6.45) is -5.67. The van der Waals surface area contributed by atoms with Gasteiger partial charge in [-0.2, -0.15) is 17.6 Å². The summed E-state index contributed by atoms with van der Waals surface area (Å²) in [7, 11) is -1.82. The molecule has 1 aliphatic rings. The van der Waals surface area contributed by atoms with Crippen LogP contribution < -0.4 is 14.8 Å². The van der Waals surface area contributed by atoms with Gasteiger partial charge in [0.2, 0.25) is 5.82 Å². The number of hydrogen-bond acceptors (Lipinski definition) is 6. The van der Waals surface area contributed by atoms with Crippen molar-refractivity contribution in [1.29, 1.82) is 0 Å². The minimum Gasteiger partial charge on any atom is -0.493 e. The van der Waals surface area contributed by atoms with E-state index in [2.05, 4.69) is 10.3 Å². The predicted octanol–water partition coefficient (Wildman–Crippen LogP) is 3.35. The molecule has 0 aliphatic carbocycles. The smallest absolute Gasteiger partial charge is 0.417 e. The van der Waals surface area contributed by atoms with Gasteiger partial charge >= 0.3 is 6.18 Å². The van der Waals surface area contributed by atoms with Crippen LogP contribution in [0, 0.1) is 17.6 Å². The topological polar surface area (TPSA) is 107 Å². The molecule has 14 heteroatoms. The number of nitrogens with zero attached hydrogens (tertiary/aromatic N) is 1. The standard InChI is InChI=1S/C21H22F5N3O5S/c1-10-15(12-5-6-13(22)16(23)17(12)33-4)18(34-20(10,2)21(24,25)26)19(30)29-11-7-8-28-14(9-11)35(31,32)27-3/h5-10,15,18,27H,1-4H3,(H,28,29,30)/t10-,15-,18+,20+/m0/s1. The molecule has 0 radical (unpaired) electrons. The van der Waals surface area contributed by atoms with E-state index in [1.165, 1.54) is 13.0 Å². The molecule has 3 rings (SSSR count). The average molecular weight is 523 g/mol. The first-order chi connectivity index (χ1) is 16.2. The Bertz CT molecular complexity index is 1240. The van der Waals surface area contributed by atoms with E-state index < -0.39 is 68.1 Å². The van der Waals surface area contributed by atoms with E-state index in [4.69, 9.17) is 9.47 Å². The lowest BCUT2D eigenvalue weighted by molar-refractivity contribution is -0.272. The van der Waals surface area contributed by atoms with E-state index in [1.54, 1.807) is 0 Å². The molecule has 1 aliphatic heterocycles. The largest absolute Gasteiger partial charge is 0.493 e. The highest BCUT2D eigenvalue weighted by atomic mass is 32.2. The van der Waals surface area contributed by atoms with Crippen molar-refractivity contribution in [3.63, 3.8) is 0 Å². The minimum absolute atomic E-state index is 0.0910. The highest BCUT2D eigenvalue weighted by molar-refractivity contribution is 7.89. The van der Waals surface area contributed by atoms with E-state index >= 15 is 0 Å². The van der Waals surface area contributed by atoms with E-state index in [9.17, 15) is 35.2 Å². The van der Waals surface area contributed by atoms with Gasteiger partial charge in [0.25, 0.3) is 15.9 Å². The van der Waals surface area contributed by atoms with Gasteiger partial charge in [-0.25, -0.2) is 22.5 Å². The first-order valence-corrected chi connectivity index (χ1v) is 11.6. The average Bonchev–Trinajstić information content (AvgIpc) is 3.07. The molecule has 1 saturated heterocycles. The molecule has 0 bridgehead atoms. The molecule has 0 unspecified atom stereocenters. The summed E-state index contributed by atoms with van der Waals surface area (Å²) >= 11 is 0. The number of benzene rings is 1. The molecular weight excluding hydrogens is 501 g/mol. The molecule has 1 aromatic carbocycles. The number of halogens is 5. The second-order valence-electron chi connectivity index (χ2n) is 8.02. The Labute approximate surface area is 197 Å². The van der Waals surface area contributed by atoms with Crippen molar-refractivity contribution >= 4 is 21.6 Å². The monoisotopic (exact) mass is 523 g/mol. The van der Waals surface area contributed by atoms with E-state index in [0.717, 1.165) is 45.5 Å². The number of amides is 1. The van der Waals surface area contributed by atoms with Gasteiger partial charge in [-0.15, -0.1) is 0 Å². The molecule has 2 N–H and O–H groups in total. The Morgan fingerprint density at radius 2 is 1.89 bits per heavy atom. The van der Waals surface area contributed by atoms with Crippen LogP contribution in [0.4, 0.5) is 27.6 Å². The number of carbonyl (C=O) groups is 1. The molecule has 0 saturated carbocycles. The molecule has 2 heterocycles. The van der Waals surface area contributed by atoms with E-state index in [0.29, 0.717) is 0 Å². The zero-order valence-corrected chi connectivity index (χ0v) is 19.7. The van der Waals surface area contributed by atoms with Crippen molar-refractivity contribution < 1.29 is 44.6 Å². The Kier molecular flexibility index (Phi) is 7.12. The Morgan fingerprint density at radius 1 is 1.23 bits per heavy atom.